The first kappa shape index (κ1) is 15.6. The Morgan fingerprint density at radius 3 is 2.80 bits per heavy atom. The van der Waals surface area contributed by atoms with Gasteiger partial charge in [-0.15, -0.1) is 0 Å². The Labute approximate surface area is 122 Å². The number of carbonyl (C=O) groups excluding carboxylic acids is 1. The fraction of sp³-hybridized carbons (Fsp3) is 0.933. The molecule has 2 aliphatic rings. The number of nitrogens with zero attached hydrogens (tertiary/aromatic N) is 1. The average molecular weight is 283 g/mol. The number of piperidine rings is 1. The third kappa shape index (κ3) is 3.85. The molecule has 3 atom stereocenters. The second kappa shape index (κ2) is 7.27. The standard InChI is InChI=1S/C15H29N3O2/c1-11(2)12(7-10-19)16-15(20)17-13-6-9-18-8-4-3-5-14(13)18/h11-14,19H,3-10H2,1-2H3,(H2,16,17,20). The van der Waals surface area contributed by atoms with Crippen LogP contribution in [0.15, 0.2) is 0 Å². The van der Waals surface area contributed by atoms with Crippen molar-refractivity contribution < 1.29 is 9.90 Å². The molecule has 2 amide bonds. The van der Waals surface area contributed by atoms with Crippen LogP contribution in [0.2, 0.25) is 0 Å². The Balaban J connectivity index is 1.81. The first-order chi connectivity index (χ1) is 9.61. The second-order valence-corrected chi connectivity index (χ2v) is 6.47. The molecule has 3 unspecified atom stereocenters. The number of rotatable bonds is 5. The minimum atomic E-state index is -0.0745. The average Bonchev–Trinajstić information content (AvgIpc) is 2.81. The smallest absolute Gasteiger partial charge is 0.315 e. The number of amides is 2. The van der Waals surface area contributed by atoms with Gasteiger partial charge in [0, 0.05) is 31.3 Å². The molecule has 0 radical (unpaired) electrons. The van der Waals surface area contributed by atoms with Crippen LogP contribution in [0.25, 0.3) is 0 Å². The number of carbonyl (C=O) groups is 1. The summed E-state index contributed by atoms with van der Waals surface area (Å²) in [7, 11) is 0. The van der Waals surface area contributed by atoms with E-state index in [1.54, 1.807) is 0 Å². The molecule has 3 N–H and O–H groups in total. The molecule has 2 fully saturated rings. The van der Waals surface area contributed by atoms with E-state index in [1.807, 2.05) is 0 Å². The SMILES string of the molecule is CC(C)C(CCO)NC(=O)NC1CCN2CCCCC12. The maximum Gasteiger partial charge on any atom is 0.315 e. The molecule has 0 bridgehead atoms. The van der Waals surface area contributed by atoms with Crippen LogP contribution >= 0.6 is 0 Å². The lowest BCUT2D eigenvalue weighted by atomic mass is 9.99. The summed E-state index contributed by atoms with van der Waals surface area (Å²) in [6, 6.07) is 0.792. The summed E-state index contributed by atoms with van der Waals surface area (Å²) in [6.07, 6.45) is 5.45. The van der Waals surface area contributed by atoms with E-state index in [9.17, 15) is 4.79 Å². The molecule has 0 aromatic rings. The van der Waals surface area contributed by atoms with Gasteiger partial charge in [-0.1, -0.05) is 20.3 Å². The topological polar surface area (TPSA) is 64.6 Å². The maximum absolute atomic E-state index is 12.1. The van der Waals surface area contributed by atoms with Crippen molar-refractivity contribution in [2.24, 2.45) is 5.92 Å². The lowest BCUT2D eigenvalue weighted by Crippen LogP contribution is -2.52. The molecule has 5 heteroatoms. The van der Waals surface area contributed by atoms with Crippen molar-refractivity contribution in [2.45, 2.75) is 64.1 Å². The highest BCUT2D eigenvalue weighted by Gasteiger charge is 2.36. The van der Waals surface area contributed by atoms with Gasteiger partial charge >= 0.3 is 6.03 Å². The van der Waals surface area contributed by atoms with Gasteiger partial charge < -0.3 is 15.7 Å². The Bertz CT molecular complexity index is 322. The zero-order valence-corrected chi connectivity index (χ0v) is 12.8. The van der Waals surface area contributed by atoms with Gasteiger partial charge in [0.25, 0.3) is 0 Å². The van der Waals surface area contributed by atoms with Gasteiger partial charge in [-0.2, -0.15) is 0 Å². The Hall–Kier alpha value is -0.810. The van der Waals surface area contributed by atoms with Gasteiger partial charge in [0.15, 0.2) is 0 Å². The number of aliphatic hydroxyl groups is 1. The molecule has 0 aromatic carbocycles. The van der Waals surface area contributed by atoms with Gasteiger partial charge in [-0.05, 0) is 38.1 Å². The molecule has 2 aliphatic heterocycles. The number of hydrogen-bond donors (Lipinski definition) is 3. The molecule has 0 spiro atoms. The van der Waals surface area contributed by atoms with Crippen LogP contribution in [0.5, 0.6) is 0 Å². The highest BCUT2D eigenvalue weighted by molar-refractivity contribution is 5.74. The van der Waals surface area contributed by atoms with Crippen molar-refractivity contribution >= 4 is 6.03 Å². The van der Waals surface area contributed by atoms with Crippen LogP contribution in [0.3, 0.4) is 0 Å². The van der Waals surface area contributed by atoms with E-state index in [0.29, 0.717) is 18.4 Å². The van der Waals surface area contributed by atoms with Crippen molar-refractivity contribution in [3.63, 3.8) is 0 Å². The van der Waals surface area contributed by atoms with Crippen molar-refractivity contribution in [3.05, 3.63) is 0 Å². The highest BCUT2D eigenvalue weighted by atomic mass is 16.3. The zero-order valence-electron chi connectivity index (χ0n) is 12.8. The maximum atomic E-state index is 12.1. The summed E-state index contributed by atoms with van der Waals surface area (Å²) >= 11 is 0. The molecule has 2 rings (SSSR count). The van der Waals surface area contributed by atoms with Crippen LogP contribution in [-0.4, -0.2) is 53.9 Å². The van der Waals surface area contributed by atoms with E-state index >= 15 is 0 Å². The van der Waals surface area contributed by atoms with Gasteiger partial charge in [-0.25, -0.2) is 4.79 Å². The Morgan fingerprint density at radius 2 is 2.10 bits per heavy atom. The van der Waals surface area contributed by atoms with Gasteiger partial charge in [-0.3, -0.25) is 4.90 Å². The van der Waals surface area contributed by atoms with Crippen molar-refractivity contribution in [1.29, 1.82) is 0 Å². The zero-order chi connectivity index (χ0) is 14.5. The summed E-state index contributed by atoms with van der Waals surface area (Å²) < 4.78 is 0. The van der Waals surface area contributed by atoms with Crippen LogP contribution in [-0.2, 0) is 0 Å². The fourth-order valence-electron chi connectivity index (χ4n) is 3.51. The molecule has 0 aromatic heterocycles. The van der Waals surface area contributed by atoms with E-state index in [1.165, 1.54) is 25.8 Å². The number of fused-ring (bicyclic) bond motifs is 1. The number of nitrogens with one attached hydrogen (secondary N) is 2. The Kier molecular flexibility index (Phi) is 5.66. The summed E-state index contributed by atoms with van der Waals surface area (Å²) in [5.74, 6) is 0.336. The molecule has 116 valence electrons. The number of hydrogen-bond acceptors (Lipinski definition) is 3. The van der Waals surface area contributed by atoms with Gasteiger partial charge in [0.1, 0.15) is 0 Å². The lowest BCUT2D eigenvalue weighted by Gasteiger charge is -2.33. The van der Waals surface area contributed by atoms with Crippen LogP contribution in [0.4, 0.5) is 4.79 Å². The van der Waals surface area contributed by atoms with E-state index in [0.717, 1.165) is 13.0 Å². The predicted octanol–water partition coefficient (Wildman–Crippen LogP) is 1.32. The molecular weight excluding hydrogens is 254 g/mol. The summed E-state index contributed by atoms with van der Waals surface area (Å²) in [4.78, 5) is 14.7. The fourth-order valence-corrected chi connectivity index (χ4v) is 3.51. The van der Waals surface area contributed by atoms with E-state index in [2.05, 4.69) is 29.4 Å². The predicted molar refractivity (Wildman–Crippen MR) is 79.6 cm³/mol. The number of aliphatic hydroxyl groups excluding tert-OH is 1. The first-order valence-electron chi connectivity index (χ1n) is 8.03. The first-order valence-corrected chi connectivity index (χ1v) is 8.03. The molecule has 5 nitrogen and oxygen atoms in total. The normalized spacial score (nSPS) is 28.2. The lowest BCUT2D eigenvalue weighted by molar-refractivity contribution is 0.176. The molecular formula is C15H29N3O2. The van der Waals surface area contributed by atoms with E-state index < -0.39 is 0 Å². The molecule has 2 heterocycles. The van der Waals surface area contributed by atoms with Crippen LogP contribution < -0.4 is 10.6 Å². The monoisotopic (exact) mass is 283 g/mol. The van der Waals surface area contributed by atoms with E-state index in [4.69, 9.17) is 5.11 Å². The second-order valence-electron chi connectivity index (χ2n) is 6.47. The molecule has 2 saturated heterocycles. The van der Waals surface area contributed by atoms with Crippen molar-refractivity contribution in [3.8, 4) is 0 Å². The summed E-state index contributed by atoms with van der Waals surface area (Å²) in [5.41, 5.74) is 0. The largest absolute Gasteiger partial charge is 0.396 e. The van der Waals surface area contributed by atoms with Crippen LogP contribution in [0, 0.1) is 5.92 Å². The van der Waals surface area contributed by atoms with E-state index in [-0.39, 0.29) is 24.7 Å². The minimum absolute atomic E-state index is 0.0452. The molecule has 20 heavy (non-hydrogen) atoms. The Morgan fingerprint density at radius 1 is 1.30 bits per heavy atom. The third-order valence-corrected chi connectivity index (χ3v) is 4.73. The van der Waals surface area contributed by atoms with Crippen molar-refractivity contribution in [1.82, 2.24) is 15.5 Å². The van der Waals surface area contributed by atoms with Crippen LogP contribution in [0.1, 0.15) is 46.0 Å². The quantitative estimate of drug-likeness (QED) is 0.713. The van der Waals surface area contributed by atoms with Gasteiger partial charge in [0.05, 0.1) is 0 Å². The van der Waals surface area contributed by atoms with Gasteiger partial charge in [0.2, 0.25) is 0 Å². The third-order valence-electron chi connectivity index (χ3n) is 4.73. The summed E-state index contributed by atoms with van der Waals surface area (Å²) in [5, 5.41) is 15.2. The summed E-state index contributed by atoms with van der Waals surface area (Å²) in [6.45, 7) is 6.55. The molecule has 0 aliphatic carbocycles. The minimum Gasteiger partial charge on any atom is -0.396 e. The highest BCUT2D eigenvalue weighted by Crippen LogP contribution is 2.27. The number of urea groups is 1. The molecule has 0 saturated carbocycles. The van der Waals surface area contributed by atoms with Crippen molar-refractivity contribution in [2.75, 3.05) is 19.7 Å².